The second-order valence-corrected chi connectivity index (χ2v) is 8.60. The molecule has 1 saturated carbocycles. The molecule has 2 fully saturated rings. The number of hydrogen-bond donors (Lipinski definition) is 1. The van der Waals surface area contributed by atoms with Crippen molar-refractivity contribution in [3.05, 3.63) is 47.5 Å². The summed E-state index contributed by atoms with van der Waals surface area (Å²) in [5.74, 6) is 2.47. The fourth-order valence-electron chi connectivity index (χ4n) is 4.47. The van der Waals surface area contributed by atoms with E-state index in [9.17, 15) is 5.11 Å². The Labute approximate surface area is 171 Å². The largest absolute Gasteiger partial charge is 0.487 e. The highest BCUT2D eigenvalue weighted by atomic mass is 16.5. The Morgan fingerprint density at radius 2 is 2.14 bits per heavy atom. The van der Waals surface area contributed by atoms with Crippen molar-refractivity contribution >= 4 is 10.9 Å². The summed E-state index contributed by atoms with van der Waals surface area (Å²) >= 11 is 0. The first-order valence-corrected chi connectivity index (χ1v) is 10.7. The number of aromatic nitrogens is 2. The van der Waals surface area contributed by atoms with Crippen LogP contribution in [0.4, 0.5) is 0 Å². The molecule has 1 N–H and O–H groups in total. The van der Waals surface area contributed by atoms with E-state index in [4.69, 9.17) is 9.26 Å². The zero-order valence-electron chi connectivity index (χ0n) is 17.0. The zero-order chi connectivity index (χ0) is 19.8. The number of ether oxygens (including phenoxy) is 1. The molecule has 0 radical (unpaired) electrons. The molecule has 154 valence electrons. The lowest BCUT2D eigenvalue weighted by molar-refractivity contribution is 0.154. The highest BCUT2D eigenvalue weighted by Crippen LogP contribution is 2.35. The summed E-state index contributed by atoms with van der Waals surface area (Å²) in [7, 11) is 0. The Morgan fingerprint density at radius 1 is 1.24 bits per heavy atom. The number of rotatable bonds is 8. The van der Waals surface area contributed by atoms with Gasteiger partial charge in [0.1, 0.15) is 23.8 Å². The van der Waals surface area contributed by atoms with E-state index in [1.807, 2.05) is 13.0 Å². The summed E-state index contributed by atoms with van der Waals surface area (Å²) in [6.07, 6.45) is 7.25. The molecule has 0 spiro atoms. The second kappa shape index (κ2) is 7.84. The average molecular weight is 396 g/mol. The number of likely N-dealkylation sites (tertiary alicyclic amines) is 1. The third-order valence-corrected chi connectivity index (χ3v) is 6.23. The van der Waals surface area contributed by atoms with Gasteiger partial charge >= 0.3 is 0 Å². The molecule has 2 aromatic heterocycles. The fourth-order valence-corrected chi connectivity index (χ4v) is 4.47. The Bertz CT molecular complexity index is 989. The molecule has 2 aliphatic rings. The molecule has 1 aliphatic carbocycles. The molecule has 6 nitrogen and oxygen atoms in total. The average Bonchev–Trinajstić information content (AvgIpc) is 3.11. The lowest BCUT2D eigenvalue weighted by Crippen LogP contribution is -2.31. The van der Waals surface area contributed by atoms with Gasteiger partial charge in [-0.1, -0.05) is 5.16 Å². The Balaban J connectivity index is 1.41. The van der Waals surface area contributed by atoms with Crippen molar-refractivity contribution in [2.75, 3.05) is 13.2 Å². The van der Waals surface area contributed by atoms with Crippen LogP contribution in [0.2, 0.25) is 0 Å². The summed E-state index contributed by atoms with van der Waals surface area (Å²) < 4.78 is 13.5. The molecule has 3 heterocycles. The summed E-state index contributed by atoms with van der Waals surface area (Å²) in [6, 6.07) is 8.57. The zero-order valence-corrected chi connectivity index (χ0v) is 17.0. The van der Waals surface area contributed by atoms with Gasteiger partial charge in [-0.3, -0.25) is 4.90 Å². The topological polar surface area (TPSA) is 63.7 Å². The predicted molar refractivity (Wildman–Crippen MR) is 111 cm³/mol. The normalized spacial score (nSPS) is 20.0. The van der Waals surface area contributed by atoms with Crippen molar-refractivity contribution in [2.24, 2.45) is 5.92 Å². The van der Waals surface area contributed by atoms with Crippen LogP contribution >= 0.6 is 0 Å². The Hall–Kier alpha value is -2.31. The van der Waals surface area contributed by atoms with Crippen molar-refractivity contribution < 1.29 is 14.4 Å². The first-order valence-electron chi connectivity index (χ1n) is 10.7. The van der Waals surface area contributed by atoms with Crippen molar-refractivity contribution in [1.29, 1.82) is 0 Å². The number of fused-ring (bicyclic) bond motifs is 1. The maximum absolute atomic E-state index is 9.70. The smallest absolute Gasteiger partial charge is 0.134 e. The van der Waals surface area contributed by atoms with E-state index < -0.39 is 0 Å². The number of benzene rings is 1. The molecule has 0 bridgehead atoms. The van der Waals surface area contributed by atoms with Gasteiger partial charge in [-0.2, -0.15) is 0 Å². The highest BCUT2D eigenvalue weighted by molar-refractivity contribution is 5.85. The van der Waals surface area contributed by atoms with Gasteiger partial charge < -0.3 is 18.9 Å². The molecule has 1 aliphatic heterocycles. The molecule has 1 saturated heterocycles. The van der Waals surface area contributed by atoms with E-state index in [1.165, 1.54) is 29.3 Å². The van der Waals surface area contributed by atoms with Crippen LogP contribution in [0, 0.1) is 12.8 Å². The van der Waals surface area contributed by atoms with Crippen molar-refractivity contribution in [3.63, 3.8) is 0 Å². The lowest BCUT2D eigenvalue weighted by Gasteiger charge is -2.22. The van der Waals surface area contributed by atoms with Crippen molar-refractivity contribution in [3.8, 4) is 5.75 Å². The molecule has 6 heteroatoms. The van der Waals surface area contributed by atoms with Gasteiger partial charge in [-0.25, -0.2) is 0 Å². The van der Waals surface area contributed by atoms with Crippen LogP contribution in [-0.2, 0) is 19.7 Å². The van der Waals surface area contributed by atoms with Crippen LogP contribution in [0.25, 0.3) is 10.9 Å². The van der Waals surface area contributed by atoms with Gasteiger partial charge in [0.2, 0.25) is 0 Å². The molecule has 29 heavy (non-hydrogen) atoms. The minimum atomic E-state index is 0.242. The molecule has 1 atom stereocenters. The van der Waals surface area contributed by atoms with E-state index in [2.05, 4.69) is 39.0 Å². The summed E-state index contributed by atoms with van der Waals surface area (Å²) in [5, 5.41) is 15.0. The monoisotopic (exact) mass is 395 g/mol. The minimum absolute atomic E-state index is 0.242. The maximum Gasteiger partial charge on any atom is 0.134 e. The second-order valence-electron chi connectivity index (χ2n) is 8.60. The van der Waals surface area contributed by atoms with Gasteiger partial charge in [-0.05, 0) is 68.8 Å². The summed E-state index contributed by atoms with van der Waals surface area (Å²) in [4.78, 5) is 2.42. The fraction of sp³-hybridized carbons (Fsp3) is 0.522. The number of aryl methyl sites for hydroxylation is 1. The van der Waals surface area contributed by atoms with Crippen LogP contribution in [0.15, 0.2) is 35.0 Å². The van der Waals surface area contributed by atoms with Gasteiger partial charge in [0.25, 0.3) is 0 Å². The van der Waals surface area contributed by atoms with E-state index in [1.54, 1.807) is 0 Å². The third-order valence-electron chi connectivity index (χ3n) is 6.23. The van der Waals surface area contributed by atoms with Gasteiger partial charge in [0.15, 0.2) is 0 Å². The summed E-state index contributed by atoms with van der Waals surface area (Å²) in [5.41, 5.74) is 3.40. The molecule has 1 aromatic carbocycles. The van der Waals surface area contributed by atoms with E-state index >= 15 is 0 Å². The first kappa shape index (κ1) is 18.7. The number of aliphatic hydroxyl groups is 1. The van der Waals surface area contributed by atoms with Crippen molar-refractivity contribution in [2.45, 2.75) is 58.3 Å². The highest BCUT2D eigenvalue weighted by Gasteiger charge is 2.26. The third kappa shape index (κ3) is 4.05. The Morgan fingerprint density at radius 3 is 2.90 bits per heavy atom. The maximum atomic E-state index is 9.70. The molecule has 0 amide bonds. The minimum Gasteiger partial charge on any atom is -0.487 e. The van der Waals surface area contributed by atoms with Gasteiger partial charge in [0.05, 0.1) is 6.61 Å². The molecule has 5 rings (SSSR count). The van der Waals surface area contributed by atoms with E-state index in [-0.39, 0.29) is 12.6 Å². The quantitative estimate of drug-likeness (QED) is 0.627. The van der Waals surface area contributed by atoms with Crippen LogP contribution in [0.3, 0.4) is 0 Å². The SMILES string of the molecule is Cc1cc(COc2ccc3c(c2)c(CN2CCC[C@H]2CO)cn3CC2CC2)no1. The molecular formula is C23H29N3O3. The molecule has 3 aromatic rings. The number of hydrogen-bond acceptors (Lipinski definition) is 5. The number of aliphatic hydroxyl groups excluding tert-OH is 1. The van der Waals surface area contributed by atoms with Gasteiger partial charge in [-0.15, -0.1) is 0 Å². The van der Waals surface area contributed by atoms with Crippen molar-refractivity contribution in [1.82, 2.24) is 14.6 Å². The van der Waals surface area contributed by atoms with E-state index in [0.29, 0.717) is 6.61 Å². The van der Waals surface area contributed by atoms with Crippen LogP contribution in [0.1, 0.15) is 42.7 Å². The first-order chi connectivity index (χ1) is 14.2. The molecule has 0 unspecified atom stereocenters. The summed E-state index contributed by atoms with van der Waals surface area (Å²) in [6.45, 7) is 5.56. The van der Waals surface area contributed by atoms with E-state index in [0.717, 1.165) is 55.6 Å². The lowest BCUT2D eigenvalue weighted by atomic mass is 10.1. The Kier molecular flexibility index (Phi) is 5.06. The van der Waals surface area contributed by atoms with Crippen LogP contribution in [0.5, 0.6) is 5.75 Å². The number of nitrogens with zero attached hydrogens (tertiary/aromatic N) is 3. The molecular weight excluding hydrogens is 366 g/mol. The van der Waals surface area contributed by atoms with Crippen LogP contribution in [-0.4, -0.2) is 38.9 Å². The standard InChI is InChI=1S/C23H29N3O3/c1-16-9-19(24-29-16)15-28-21-6-7-23-22(10-21)18(13-26(23)11-17-4-5-17)12-25-8-2-3-20(25)14-27/h6-7,9-10,13,17,20,27H,2-5,8,11-12,14-15H2,1H3/t20-/m0/s1. The van der Waals surface area contributed by atoms with Crippen LogP contribution < -0.4 is 4.74 Å². The predicted octanol–water partition coefficient (Wildman–Crippen LogP) is 3.88. The van der Waals surface area contributed by atoms with Gasteiger partial charge in [0, 0.05) is 42.3 Å².